The first-order valence-corrected chi connectivity index (χ1v) is 10.3. The summed E-state index contributed by atoms with van der Waals surface area (Å²) < 4.78 is 47.9. The van der Waals surface area contributed by atoms with Crippen LogP contribution in [-0.2, 0) is 19.5 Å². The number of carbonyl (C=O) groups excluding carboxylic acids is 2. The standard InChI is InChI=1S/C18H18N2O9S/c1-4-26-16(21)13-9(3)28-15(14(13)17(22)27-5-2)20-30(24,25)10-6-7-11-12(8-10)29-18(23)19-11/h6-8,20H,4-5H2,1-3H3,(H,19,23). The first kappa shape index (κ1) is 21.2. The van der Waals surface area contributed by atoms with E-state index in [2.05, 4.69) is 9.71 Å². The van der Waals surface area contributed by atoms with Gasteiger partial charge in [0, 0.05) is 6.07 Å². The van der Waals surface area contributed by atoms with Crippen molar-refractivity contribution in [3.63, 3.8) is 0 Å². The molecule has 2 aromatic heterocycles. The van der Waals surface area contributed by atoms with Crippen molar-refractivity contribution in [1.29, 1.82) is 0 Å². The van der Waals surface area contributed by atoms with Crippen molar-refractivity contribution in [2.24, 2.45) is 0 Å². The number of aromatic nitrogens is 1. The molecule has 0 radical (unpaired) electrons. The van der Waals surface area contributed by atoms with Gasteiger partial charge in [-0.25, -0.2) is 27.5 Å². The molecule has 12 heteroatoms. The van der Waals surface area contributed by atoms with Gasteiger partial charge in [-0.15, -0.1) is 0 Å². The van der Waals surface area contributed by atoms with Crippen LogP contribution in [-0.4, -0.2) is 38.6 Å². The Kier molecular flexibility index (Phi) is 5.69. The van der Waals surface area contributed by atoms with Crippen LogP contribution < -0.4 is 10.5 Å². The minimum Gasteiger partial charge on any atom is -0.462 e. The molecule has 0 saturated carbocycles. The molecule has 0 atom stereocenters. The fourth-order valence-electron chi connectivity index (χ4n) is 2.74. The number of hydrogen-bond acceptors (Lipinski definition) is 9. The van der Waals surface area contributed by atoms with E-state index in [4.69, 9.17) is 18.3 Å². The highest BCUT2D eigenvalue weighted by Crippen LogP contribution is 2.31. The van der Waals surface area contributed by atoms with Crippen LogP contribution in [0.1, 0.15) is 40.3 Å². The summed E-state index contributed by atoms with van der Waals surface area (Å²) in [4.78, 5) is 38.1. The van der Waals surface area contributed by atoms with Crippen LogP contribution in [0.25, 0.3) is 11.1 Å². The predicted molar refractivity (Wildman–Crippen MR) is 103 cm³/mol. The van der Waals surface area contributed by atoms with E-state index in [9.17, 15) is 22.8 Å². The van der Waals surface area contributed by atoms with E-state index in [1.165, 1.54) is 19.1 Å². The van der Waals surface area contributed by atoms with E-state index in [0.29, 0.717) is 5.52 Å². The molecule has 2 heterocycles. The van der Waals surface area contributed by atoms with E-state index < -0.39 is 39.2 Å². The number of benzene rings is 1. The van der Waals surface area contributed by atoms with Crippen molar-refractivity contribution >= 4 is 38.9 Å². The molecule has 0 aliphatic carbocycles. The van der Waals surface area contributed by atoms with Crippen LogP contribution in [0.15, 0.2) is 36.7 Å². The molecular weight excluding hydrogens is 420 g/mol. The smallest absolute Gasteiger partial charge is 0.417 e. The van der Waals surface area contributed by atoms with Gasteiger partial charge < -0.3 is 18.3 Å². The van der Waals surface area contributed by atoms with Gasteiger partial charge in [-0.1, -0.05) is 0 Å². The average molecular weight is 438 g/mol. The van der Waals surface area contributed by atoms with Crippen molar-refractivity contribution in [2.75, 3.05) is 17.9 Å². The summed E-state index contributed by atoms with van der Waals surface area (Å²) in [6.45, 7) is 4.54. The fraction of sp³-hybridized carbons (Fsp3) is 0.278. The van der Waals surface area contributed by atoms with Crippen LogP contribution in [0.2, 0.25) is 0 Å². The quantitative estimate of drug-likeness (QED) is 0.527. The fourth-order valence-corrected chi connectivity index (χ4v) is 3.75. The third kappa shape index (κ3) is 3.94. The summed E-state index contributed by atoms with van der Waals surface area (Å²) in [5.41, 5.74) is -0.299. The van der Waals surface area contributed by atoms with Gasteiger partial charge >= 0.3 is 17.7 Å². The Balaban J connectivity index is 2.07. The van der Waals surface area contributed by atoms with Crippen molar-refractivity contribution < 1.29 is 36.3 Å². The molecule has 2 N–H and O–H groups in total. The van der Waals surface area contributed by atoms with Gasteiger partial charge in [-0.2, -0.15) is 0 Å². The highest BCUT2D eigenvalue weighted by molar-refractivity contribution is 7.92. The summed E-state index contributed by atoms with van der Waals surface area (Å²) in [5, 5.41) is 0. The van der Waals surface area contributed by atoms with E-state index in [0.717, 1.165) is 6.07 Å². The molecule has 0 fully saturated rings. The van der Waals surface area contributed by atoms with Crippen molar-refractivity contribution in [2.45, 2.75) is 25.7 Å². The Morgan fingerprint density at radius 3 is 2.33 bits per heavy atom. The molecule has 3 aromatic rings. The second kappa shape index (κ2) is 8.06. The second-order valence-corrected chi connectivity index (χ2v) is 7.64. The molecule has 0 bridgehead atoms. The minimum atomic E-state index is -4.29. The van der Waals surface area contributed by atoms with Gasteiger partial charge in [0.05, 0.1) is 23.6 Å². The maximum Gasteiger partial charge on any atom is 0.417 e. The first-order chi connectivity index (χ1) is 14.2. The number of carbonyl (C=O) groups is 2. The number of fused-ring (bicyclic) bond motifs is 1. The number of anilines is 1. The Labute approximate surface area is 170 Å². The number of rotatable bonds is 7. The normalized spacial score (nSPS) is 11.4. The van der Waals surface area contributed by atoms with Crippen LogP contribution in [0.5, 0.6) is 0 Å². The van der Waals surface area contributed by atoms with Gasteiger partial charge in [-0.05, 0) is 32.9 Å². The number of aromatic amines is 1. The number of nitrogens with one attached hydrogen (secondary N) is 2. The van der Waals surface area contributed by atoms with Gasteiger partial charge in [0.2, 0.25) is 5.88 Å². The third-order valence-corrected chi connectivity index (χ3v) is 5.30. The molecule has 160 valence electrons. The van der Waals surface area contributed by atoms with Crippen molar-refractivity contribution in [1.82, 2.24) is 4.98 Å². The number of esters is 2. The minimum absolute atomic E-state index is 0.0132. The van der Waals surface area contributed by atoms with Crippen LogP contribution >= 0.6 is 0 Å². The lowest BCUT2D eigenvalue weighted by molar-refractivity contribution is 0.0480. The molecular formula is C18H18N2O9S. The number of hydrogen-bond donors (Lipinski definition) is 2. The Morgan fingerprint density at radius 1 is 1.07 bits per heavy atom. The zero-order chi connectivity index (χ0) is 22.1. The predicted octanol–water partition coefficient (Wildman–Crippen LogP) is 2.18. The summed E-state index contributed by atoms with van der Waals surface area (Å²) in [6, 6.07) is 3.70. The van der Waals surface area contributed by atoms with Crippen LogP contribution in [0, 0.1) is 6.92 Å². The van der Waals surface area contributed by atoms with E-state index in [1.54, 1.807) is 13.8 Å². The Bertz CT molecular complexity index is 1280. The molecule has 3 rings (SSSR count). The largest absolute Gasteiger partial charge is 0.462 e. The lowest BCUT2D eigenvalue weighted by Gasteiger charge is -2.08. The highest BCUT2D eigenvalue weighted by Gasteiger charge is 2.32. The zero-order valence-corrected chi connectivity index (χ0v) is 17.0. The summed E-state index contributed by atoms with van der Waals surface area (Å²) >= 11 is 0. The topological polar surface area (TPSA) is 158 Å². The molecule has 0 aliphatic heterocycles. The van der Waals surface area contributed by atoms with E-state index >= 15 is 0 Å². The average Bonchev–Trinajstić information content (AvgIpc) is 3.19. The molecule has 1 aromatic carbocycles. The van der Waals surface area contributed by atoms with E-state index in [-0.39, 0.29) is 35.0 Å². The number of H-pyrrole nitrogens is 1. The third-order valence-electron chi connectivity index (χ3n) is 3.97. The maximum absolute atomic E-state index is 12.8. The summed E-state index contributed by atoms with van der Waals surface area (Å²) in [5.74, 6) is -3.08. The van der Waals surface area contributed by atoms with Crippen molar-refractivity contribution in [3.05, 3.63) is 45.6 Å². The summed E-state index contributed by atoms with van der Waals surface area (Å²) in [7, 11) is -4.29. The van der Waals surface area contributed by atoms with Gasteiger partial charge in [-0.3, -0.25) is 4.98 Å². The Hall–Kier alpha value is -3.54. The number of aryl methyl sites for hydroxylation is 1. The maximum atomic E-state index is 12.8. The second-order valence-electron chi connectivity index (χ2n) is 5.96. The van der Waals surface area contributed by atoms with Gasteiger partial charge in [0.15, 0.2) is 5.58 Å². The number of sulfonamides is 1. The molecule has 11 nitrogen and oxygen atoms in total. The number of ether oxygens (including phenoxy) is 2. The first-order valence-electron chi connectivity index (χ1n) is 8.81. The highest BCUT2D eigenvalue weighted by atomic mass is 32.2. The number of furan rings is 1. The molecule has 0 spiro atoms. The van der Waals surface area contributed by atoms with Gasteiger partial charge in [0.1, 0.15) is 16.9 Å². The molecule has 0 saturated heterocycles. The van der Waals surface area contributed by atoms with Crippen LogP contribution in [0.4, 0.5) is 5.88 Å². The van der Waals surface area contributed by atoms with Crippen molar-refractivity contribution in [3.8, 4) is 0 Å². The molecule has 0 aliphatic rings. The lowest BCUT2D eigenvalue weighted by Crippen LogP contribution is -2.18. The Morgan fingerprint density at radius 2 is 1.70 bits per heavy atom. The molecule has 0 amide bonds. The SMILES string of the molecule is CCOC(=O)c1c(C)oc(NS(=O)(=O)c2ccc3[nH]c(=O)oc3c2)c1C(=O)OCC. The van der Waals surface area contributed by atoms with E-state index in [1.807, 2.05) is 0 Å². The zero-order valence-electron chi connectivity index (χ0n) is 16.2. The summed E-state index contributed by atoms with van der Waals surface area (Å²) in [6.07, 6.45) is 0. The lowest BCUT2D eigenvalue weighted by atomic mass is 10.1. The molecule has 0 unspecified atom stereocenters. The monoisotopic (exact) mass is 438 g/mol. The van der Waals surface area contributed by atoms with Crippen LogP contribution in [0.3, 0.4) is 0 Å². The van der Waals surface area contributed by atoms with Gasteiger partial charge in [0.25, 0.3) is 10.0 Å². The molecule has 30 heavy (non-hydrogen) atoms. The number of oxazole rings is 1.